The maximum absolute atomic E-state index is 11.5. The zero-order valence-corrected chi connectivity index (χ0v) is 10.8. The predicted octanol–water partition coefficient (Wildman–Crippen LogP) is 0.702. The molecule has 0 aromatic rings. The van der Waals surface area contributed by atoms with Crippen LogP contribution in [-0.4, -0.2) is 59.6 Å². The molecule has 17 heavy (non-hydrogen) atoms. The molecule has 0 aliphatic carbocycles. The number of rotatable bonds is 3. The Bertz CT molecular complexity index is 262. The highest BCUT2D eigenvalue weighted by Gasteiger charge is 2.29. The van der Waals surface area contributed by atoms with Crippen molar-refractivity contribution in [3.63, 3.8) is 0 Å². The van der Waals surface area contributed by atoms with E-state index in [1.165, 1.54) is 0 Å². The van der Waals surface area contributed by atoms with Crippen LogP contribution in [0.5, 0.6) is 0 Å². The van der Waals surface area contributed by atoms with Crippen molar-refractivity contribution < 1.29 is 9.90 Å². The zero-order valence-electron chi connectivity index (χ0n) is 10.8. The first kappa shape index (κ1) is 12.8. The van der Waals surface area contributed by atoms with Crippen LogP contribution in [0.1, 0.15) is 32.6 Å². The van der Waals surface area contributed by atoms with Crippen molar-refractivity contribution in [2.75, 3.05) is 32.8 Å². The molecule has 98 valence electrons. The molecule has 0 radical (unpaired) electrons. The van der Waals surface area contributed by atoms with Gasteiger partial charge in [-0.2, -0.15) is 0 Å². The molecule has 2 rings (SSSR count). The highest BCUT2D eigenvalue weighted by atomic mass is 16.3. The van der Waals surface area contributed by atoms with Gasteiger partial charge in [-0.15, -0.1) is 0 Å². The fraction of sp³-hybridized carbons (Fsp3) is 0.923. The van der Waals surface area contributed by atoms with Crippen LogP contribution >= 0.6 is 0 Å². The number of carbonyl (C=O) groups excluding carboxylic acids is 1. The second-order valence-corrected chi connectivity index (χ2v) is 5.44. The minimum absolute atomic E-state index is 0.220. The molecule has 0 bridgehead atoms. The monoisotopic (exact) mass is 240 g/mol. The van der Waals surface area contributed by atoms with Gasteiger partial charge in [0.25, 0.3) is 0 Å². The summed E-state index contributed by atoms with van der Waals surface area (Å²) in [5.41, 5.74) is 0. The normalized spacial score (nSPS) is 27.6. The number of aliphatic hydroxyl groups excluding tert-OH is 1. The first-order chi connectivity index (χ1) is 8.20. The number of hydrogen-bond acceptors (Lipinski definition) is 3. The van der Waals surface area contributed by atoms with Gasteiger partial charge in [0.15, 0.2) is 0 Å². The van der Waals surface area contributed by atoms with Crippen LogP contribution in [0.2, 0.25) is 0 Å². The summed E-state index contributed by atoms with van der Waals surface area (Å²) in [6.07, 6.45) is 4.50. The van der Waals surface area contributed by atoms with E-state index in [4.69, 9.17) is 5.11 Å². The molecule has 2 aliphatic rings. The van der Waals surface area contributed by atoms with E-state index in [1.807, 2.05) is 4.90 Å². The predicted molar refractivity (Wildman–Crippen MR) is 66.7 cm³/mol. The third-order valence-electron chi connectivity index (χ3n) is 4.22. The lowest BCUT2D eigenvalue weighted by Crippen LogP contribution is -2.45. The number of hydrogen-bond donors (Lipinski definition) is 1. The van der Waals surface area contributed by atoms with Crippen molar-refractivity contribution in [2.24, 2.45) is 5.92 Å². The summed E-state index contributed by atoms with van der Waals surface area (Å²) in [6.45, 7) is 6.12. The van der Waals surface area contributed by atoms with Crippen molar-refractivity contribution in [1.82, 2.24) is 9.80 Å². The molecule has 0 aromatic heterocycles. The number of nitrogens with zero attached hydrogens (tertiary/aromatic N) is 2. The molecule has 2 heterocycles. The van der Waals surface area contributed by atoms with Crippen LogP contribution in [0.4, 0.5) is 0 Å². The largest absolute Gasteiger partial charge is 0.396 e. The Morgan fingerprint density at radius 2 is 1.94 bits per heavy atom. The summed E-state index contributed by atoms with van der Waals surface area (Å²) >= 11 is 0. The molecular formula is C13H24N2O2. The maximum Gasteiger partial charge on any atom is 0.219 e. The molecule has 0 spiro atoms. The lowest BCUT2D eigenvalue weighted by molar-refractivity contribution is -0.130. The fourth-order valence-electron chi connectivity index (χ4n) is 3.09. The molecular weight excluding hydrogens is 216 g/mol. The third-order valence-corrected chi connectivity index (χ3v) is 4.22. The van der Waals surface area contributed by atoms with E-state index in [-0.39, 0.29) is 5.91 Å². The van der Waals surface area contributed by atoms with Gasteiger partial charge >= 0.3 is 0 Å². The van der Waals surface area contributed by atoms with Crippen LogP contribution in [0.25, 0.3) is 0 Å². The average Bonchev–Trinajstić information content (AvgIpc) is 2.78. The van der Waals surface area contributed by atoms with Crippen LogP contribution in [-0.2, 0) is 4.79 Å². The Morgan fingerprint density at radius 3 is 2.53 bits per heavy atom. The molecule has 2 aliphatic heterocycles. The summed E-state index contributed by atoms with van der Waals surface area (Å²) in [6, 6.07) is 0.429. The molecule has 1 atom stereocenters. The topological polar surface area (TPSA) is 43.8 Å². The van der Waals surface area contributed by atoms with Crippen LogP contribution in [0.15, 0.2) is 0 Å². The molecule has 1 amide bonds. The SMILES string of the molecule is CC(=O)N1CCC[C@@H]1CN1CCC(CO)CC1. The highest BCUT2D eigenvalue weighted by molar-refractivity contribution is 5.73. The summed E-state index contributed by atoms with van der Waals surface area (Å²) < 4.78 is 0. The molecule has 0 aromatic carbocycles. The summed E-state index contributed by atoms with van der Waals surface area (Å²) in [5.74, 6) is 0.719. The van der Waals surface area contributed by atoms with Gasteiger partial charge in [-0.3, -0.25) is 4.79 Å². The maximum atomic E-state index is 11.5. The Labute approximate surface area is 104 Å². The van der Waals surface area contributed by atoms with E-state index < -0.39 is 0 Å². The molecule has 4 nitrogen and oxygen atoms in total. The highest BCUT2D eigenvalue weighted by Crippen LogP contribution is 2.21. The molecule has 2 fully saturated rings. The van der Waals surface area contributed by atoms with Crippen molar-refractivity contribution in [3.05, 3.63) is 0 Å². The van der Waals surface area contributed by atoms with Crippen molar-refractivity contribution >= 4 is 5.91 Å². The second-order valence-electron chi connectivity index (χ2n) is 5.44. The molecule has 1 N–H and O–H groups in total. The van der Waals surface area contributed by atoms with Gasteiger partial charge in [0.05, 0.1) is 0 Å². The van der Waals surface area contributed by atoms with Gasteiger partial charge in [0.1, 0.15) is 0 Å². The van der Waals surface area contributed by atoms with Gasteiger partial charge in [-0.1, -0.05) is 0 Å². The van der Waals surface area contributed by atoms with E-state index in [2.05, 4.69) is 4.90 Å². The Morgan fingerprint density at radius 1 is 1.24 bits per heavy atom. The average molecular weight is 240 g/mol. The molecule has 0 unspecified atom stereocenters. The standard InChI is InChI=1S/C13H24N2O2/c1-11(17)15-6-2-3-13(15)9-14-7-4-12(10-16)5-8-14/h12-13,16H,2-10H2,1H3/t13-/m1/s1. The molecule has 4 heteroatoms. The van der Waals surface area contributed by atoms with E-state index in [0.29, 0.717) is 18.6 Å². The van der Waals surface area contributed by atoms with E-state index in [0.717, 1.165) is 51.9 Å². The van der Waals surface area contributed by atoms with E-state index in [1.54, 1.807) is 6.92 Å². The Balaban J connectivity index is 1.79. The van der Waals surface area contributed by atoms with Crippen molar-refractivity contribution in [1.29, 1.82) is 0 Å². The first-order valence-electron chi connectivity index (χ1n) is 6.81. The zero-order chi connectivity index (χ0) is 12.3. The number of amides is 1. The van der Waals surface area contributed by atoms with Gasteiger partial charge < -0.3 is 14.9 Å². The first-order valence-corrected chi connectivity index (χ1v) is 6.81. The summed E-state index contributed by atoms with van der Waals surface area (Å²) in [4.78, 5) is 16.0. The van der Waals surface area contributed by atoms with Crippen molar-refractivity contribution in [3.8, 4) is 0 Å². The van der Waals surface area contributed by atoms with Crippen LogP contribution in [0, 0.1) is 5.92 Å². The van der Waals surface area contributed by atoms with Crippen molar-refractivity contribution in [2.45, 2.75) is 38.6 Å². The minimum atomic E-state index is 0.220. The second kappa shape index (κ2) is 5.83. The Hall–Kier alpha value is -0.610. The van der Waals surface area contributed by atoms with Gasteiger partial charge in [-0.25, -0.2) is 0 Å². The lowest BCUT2D eigenvalue weighted by atomic mass is 9.97. The fourth-order valence-corrected chi connectivity index (χ4v) is 3.09. The third kappa shape index (κ3) is 3.19. The summed E-state index contributed by atoms with van der Waals surface area (Å²) in [7, 11) is 0. The number of likely N-dealkylation sites (tertiary alicyclic amines) is 2. The molecule has 0 saturated carbocycles. The Kier molecular flexibility index (Phi) is 4.40. The van der Waals surface area contributed by atoms with Gasteiger partial charge in [-0.05, 0) is 44.7 Å². The van der Waals surface area contributed by atoms with Gasteiger partial charge in [0.2, 0.25) is 5.91 Å². The van der Waals surface area contributed by atoms with E-state index in [9.17, 15) is 4.79 Å². The molecule has 2 saturated heterocycles. The van der Waals surface area contributed by atoms with E-state index >= 15 is 0 Å². The minimum Gasteiger partial charge on any atom is -0.396 e. The lowest BCUT2D eigenvalue weighted by Gasteiger charge is -2.35. The number of carbonyl (C=O) groups is 1. The van der Waals surface area contributed by atoms with Gasteiger partial charge in [0, 0.05) is 32.7 Å². The van der Waals surface area contributed by atoms with Crippen LogP contribution < -0.4 is 0 Å². The number of piperidine rings is 1. The summed E-state index contributed by atoms with van der Waals surface area (Å²) in [5, 5.41) is 9.10. The smallest absolute Gasteiger partial charge is 0.219 e. The number of aliphatic hydroxyl groups is 1. The quantitative estimate of drug-likeness (QED) is 0.790. The van der Waals surface area contributed by atoms with Crippen LogP contribution in [0.3, 0.4) is 0 Å².